The van der Waals surface area contributed by atoms with Gasteiger partial charge in [0.15, 0.2) is 0 Å². The molecule has 4 saturated carbocycles. The van der Waals surface area contributed by atoms with Crippen LogP contribution in [0, 0.1) is 23.2 Å². The zero-order chi connectivity index (χ0) is 14.6. The minimum Gasteiger partial charge on any atom is -0.380 e. The zero-order valence-corrected chi connectivity index (χ0v) is 14.1. The average molecular weight is 324 g/mol. The van der Waals surface area contributed by atoms with Crippen LogP contribution in [0.3, 0.4) is 0 Å². The van der Waals surface area contributed by atoms with Crippen molar-refractivity contribution in [2.24, 2.45) is 23.2 Å². The molecule has 5 rings (SSSR count). The number of nitrogens with one attached hydrogen (secondary N) is 1. The molecule has 1 N–H and O–H groups in total. The van der Waals surface area contributed by atoms with E-state index < -0.39 is 0 Å². The Morgan fingerprint density at radius 1 is 1.00 bits per heavy atom. The molecule has 4 aliphatic carbocycles. The fourth-order valence-corrected chi connectivity index (χ4v) is 6.22. The molecular formula is C18H23Cl2N. The van der Waals surface area contributed by atoms with E-state index in [0.29, 0.717) is 11.5 Å². The Labute approximate surface area is 137 Å². The van der Waals surface area contributed by atoms with E-state index in [4.69, 9.17) is 23.2 Å². The van der Waals surface area contributed by atoms with Crippen molar-refractivity contribution in [3.8, 4) is 0 Å². The SMILES string of the molecule is CC(Nc1c(Cl)cccc1Cl)C12CC3CC(CC(C3)C1)C2. The van der Waals surface area contributed by atoms with Gasteiger partial charge < -0.3 is 5.32 Å². The van der Waals surface area contributed by atoms with Crippen LogP contribution in [0.1, 0.15) is 45.4 Å². The maximum absolute atomic E-state index is 6.33. The van der Waals surface area contributed by atoms with Crippen molar-refractivity contribution < 1.29 is 0 Å². The molecule has 114 valence electrons. The summed E-state index contributed by atoms with van der Waals surface area (Å²) in [5, 5.41) is 5.14. The quantitative estimate of drug-likeness (QED) is 0.718. The number of hydrogen-bond donors (Lipinski definition) is 1. The van der Waals surface area contributed by atoms with Gasteiger partial charge in [0.1, 0.15) is 0 Å². The molecule has 0 amide bonds. The van der Waals surface area contributed by atoms with Gasteiger partial charge in [0.05, 0.1) is 15.7 Å². The third kappa shape index (κ3) is 2.37. The van der Waals surface area contributed by atoms with Gasteiger partial charge in [0, 0.05) is 6.04 Å². The summed E-state index contributed by atoms with van der Waals surface area (Å²) in [5.41, 5.74) is 1.39. The maximum Gasteiger partial charge on any atom is 0.0721 e. The Hall–Kier alpha value is -0.400. The van der Waals surface area contributed by atoms with E-state index >= 15 is 0 Å². The van der Waals surface area contributed by atoms with Gasteiger partial charge in [-0.05, 0) is 80.8 Å². The molecular weight excluding hydrogens is 301 g/mol. The van der Waals surface area contributed by atoms with Crippen molar-refractivity contribution in [3.05, 3.63) is 28.2 Å². The summed E-state index contributed by atoms with van der Waals surface area (Å²) < 4.78 is 0. The van der Waals surface area contributed by atoms with Gasteiger partial charge in [0.2, 0.25) is 0 Å². The second-order valence-electron chi connectivity index (χ2n) is 7.74. The van der Waals surface area contributed by atoms with Gasteiger partial charge in [-0.15, -0.1) is 0 Å². The first-order valence-corrected chi connectivity index (χ1v) is 9.02. The summed E-state index contributed by atoms with van der Waals surface area (Å²) >= 11 is 12.7. The molecule has 0 saturated heterocycles. The van der Waals surface area contributed by atoms with Crippen LogP contribution in [-0.2, 0) is 0 Å². The van der Waals surface area contributed by atoms with Crippen LogP contribution in [0.5, 0.6) is 0 Å². The normalized spacial score (nSPS) is 38.5. The molecule has 1 unspecified atom stereocenters. The van der Waals surface area contributed by atoms with E-state index in [1.165, 1.54) is 38.5 Å². The Balaban J connectivity index is 1.59. The van der Waals surface area contributed by atoms with Crippen LogP contribution < -0.4 is 5.32 Å². The van der Waals surface area contributed by atoms with Gasteiger partial charge in [-0.3, -0.25) is 0 Å². The Morgan fingerprint density at radius 3 is 1.95 bits per heavy atom. The number of rotatable bonds is 3. The molecule has 0 radical (unpaired) electrons. The lowest BCUT2D eigenvalue weighted by Crippen LogP contribution is -2.52. The van der Waals surface area contributed by atoms with Crippen molar-refractivity contribution in [2.75, 3.05) is 5.32 Å². The first-order chi connectivity index (χ1) is 10.1. The molecule has 0 spiro atoms. The van der Waals surface area contributed by atoms with E-state index in [2.05, 4.69) is 12.2 Å². The van der Waals surface area contributed by atoms with Gasteiger partial charge in [-0.25, -0.2) is 0 Å². The number of halogens is 2. The highest BCUT2D eigenvalue weighted by atomic mass is 35.5. The van der Waals surface area contributed by atoms with Crippen LogP contribution in [-0.4, -0.2) is 6.04 Å². The topological polar surface area (TPSA) is 12.0 Å². The molecule has 4 aliphatic rings. The molecule has 1 nitrogen and oxygen atoms in total. The summed E-state index contributed by atoms with van der Waals surface area (Å²) in [6, 6.07) is 6.19. The van der Waals surface area contributed by atoms with Gasteiger partial charge in [0.25, 0.3) is 0 Å². The molecule has 3 heteroatoms. The van der Waals surface area contributed by atoms with Gasteiger partial charge in [-0.2, -0.15) is 0 Å². The third-order valence-electron chi connectivity index (χ3n) is 6.33. The molecule has 4 bridgehead atoms. The van der Waals surface area contributed by atoms with E-state index in [9.17, 15) is 0 Å². The van der Waals surface area contributed by atoms with Crippen LogP contribution in [0.2, 0.25) is 10.0 Å². The fraction of sp³-hybridized carbons (Fsp3) is 0.667. The molecule has 1 aromatic rings. The number of anilines is 1. The largest absolute Gasteiger partial charge is 0.380 e. The van der Waals surface area contributed by atoms with Crippen LogP contribution >= 0.6 is 23.2 Å². The van der Waals surface area contributed by atoms with Crippen LogP contribution in [0.4, 0.5) is 5.69 Å². The molecule has 0 aliphatic heterocycles. The first-order valence-electron chi connectivity index (χ1n) is 8.26. The lowest BCUT2D eigenvalue weighted by molar-refractivity contribution is -0.0602. The minimum absolute atomic E-state index is 0.447. The number of hydrogen-bond acceptors (Lipinski definition) is 1. The summed E-state index contributed by atoms with van der Waals surface area (Å²) in [7, 11) is 0. The van der Waals surface area contributed by atoms with E-state index in [0.717, 1.165) is 33.5 Å². The van der Waals surface area contributed by atoms with E-state index in [1.54, 1.807) is 0 Å². The second kappa shape index (κ2) is 5.06. The third-order valence-corrected chi connectivity index (χ3v) is 6.96. The van der Waals surface area contributed by atoms with Gasteiger partial charge >= 0.3 is 0 Å². The van der Waals surface area contributed by atoms with Crippen molar-refractivity contribution in [1.82, 2.24) is 0 Å². The van der Waals surface area contributed by atoms with Crippen LogP contribution in [0.15, 0.2) is 18.2 Å². The van der Waals surface area contributed by atoms with Crippen LogP contribution in [0.25, 0.3) is 0 Å². The number of para-hydroxylation sites is 1. The second-order valence-corrected chi connectivity index (χ2v) is 8.56. The Kier molecular flexibility index (Phi) is 3.42. The highest BCUT2D eigenvalue weighted by Crippen LogP contribution is 2.61. The lowest BCUT2D eigenvalue weighted by atomic mass is 9.48. The van der Waals surface area contributed by atoms with E-state index in [1.807, 2.05) is 18.2 Å². The molecule has 4 fully saturated rings. The van der Waals surface area contributed by atoms with Gasteiger partial charge in [-0.1, -0.05) is 29.3 Å². The standard InChI is InChI=1S/C18H23Cl2N/c1-11(21-17-15(19)3-2-4-16(17)20)18-8-12-5-13(9-18)7-14(6-12)10-18/h2-4,11-14,21H,5-10H2,1H3. The summed E-state index contributed by atoms with van der Waals surface area (Å²) in [5.74, 6) is 2.92. The van der Waals surface area contributed by atoms with Crippen molar-refractivity contribution in [1.29, 1.82) is 0 Å². The minimum atomic E-state index is 0.447. The molecule has 1 atom stereocenters. The summed E-state index contributed by atoms with van der Waals surface area (Å²) in [4.78, 5) is 0. The zero-order valence-electron chi connectivity index (χ0n) is 12.5. The summed E-state index contributed by atoms with van der Waals surface area (Å²) in [6.07, 6.45) is 8.65. The van der Waals surface area contributed by atoms with E-state index in [-0.39, 0.29) is 0 Å². The van der Waals surface area contributed by atoms with Crippen molar-refractivity contribution in [2.45, 2.75) is 51.5 Å². The Morgan fingerprint density at radius 2 is 1.48 bits per heavy atom. The Bertz CT molecular complexity index is 499. The predicted octanol–water partition coefficient (Wildman–Crippen LogP) is 6.01. The smallest absolute Gasteiger partial charge is 0.0721 e. The molecule has 1 aromatic carbocycles. The lowest BCUT2D eigenvalue weighted by Gasteiger charge is -2.59. The predicted molar refractivity (Wildman–Crippen MR) is 90.2 cm³/mol. The van der Waals surface area contributed by atoms with Crippen molar-refractivity contribution >= 4 is 28.9 Å². The van der Waals surface area contributed by atoms with Crippen molar-refractivity contribution in [3.63, 3.8) is 0 Å². The molecule has 0 heterocycles. The monoisotopic (exact) mass is 323 g/mol. The highest BCUT2D eigenvalue weighted by Gasteiger charge is 2.53. The summed E-state index contributed by atoms with van der Waals surface area (Å²) in [6.45, 7) is 2.34. The first kappa shape index (κ1) is 14.2. The molecule has 0 aromatic heterocycles. The maximum atomic E-state index is 6.33. The highest BCUT2D eigenvalue weighted by molar-refractivity contribution is 6.39. The average Bonchev–Trinajstić information content (AvgIpc) is 2.41. The number of benzene rings is 1. The molecule has 21 heavy (non-hydrogen) atoms. The fourth-order valence-electron chi connectivity index (χ4n) is 5.71.